The van der Waals surface area contributed by atoms with Crippen LogP contribution in [0.4, 0.5) is 0 Å². The first-order valence-corrected chi connectivity index (χ1v) is 4.20. The molecule has 0 aliphatic carbocycles. The maximum atomic E-state index is 11.1. The second-order valence-electron chi connectivity index (χ2n) is 2.27. The molecule has 0 bridgehead atoms. The van der Waals surface area contributed by atoms with Gasteiger partial charge in [-0.25, -0.2) is 0 Å². The highest BCUT2D eigenvalue weighted by molar-refractivity contribution is 7.09. The highest BCUT2D eigenvalue weighted by atomic mass is 32.1. The van der Waals surface area contributed by atoms with Crippen LogP contribution in [0.5, 0.6) is 5.88 Å². The smallest absolute Gasteiger partial charge is 0.0678 e. The molecular weight excluding hydrogens is 172 g/mol. The standard InChI is InChI=1S/C8H6N2OS/c11-8-7(12-10-9-8)6-4-2-1-3-5-6/h1-5,11H/p-1. The van der Waals surface area contributed by atoms with Crippen molar-refractivity contribution < 1.29 is 5.11 Å². The Balaban J connectivity index is 2.51. The van der Waals surface area contributed by atoms with E-state index in [4.69, 9.17) is 0 Å². The first-order valence-electron chi connectivity index (χ1n) is 3.43. The molecule has 0 N–H and O–H groups in total. The van der Waals surface area contributed by atoms with E-state index in [2.05, 4.69) is 9.59 Å². The topological polar surface area (TPSA) is 48.8 Å². The molecule has 0 atom stereocenters. The van der Waals surface area contributed by atoms with Gasteiger partial charge in [-0.3, -0.25) is 0 Å². The third-order valence-electron chi connectivity index (χ3n) is 1.49. The molecule has 3 nitrogen and oxygen atoms in total. The summed E-state index contributed by atoms with van der Waals surface area (Å²) in [6.07, 6.45) is 0. The van der Waals surface area contributed by atoms with E-state index in [9.17, 15) is 5.11 Å². The number of rotatable bonds is 1. The fourth-order valence-electron chi connectivity index (χ4n) is 0.948. The molecule has 12 heavy (non-hydrogen) atoms. The van der Waals surface area contributed by atoms with E-state index < -0.39 is 0 Å². The van der Waals surface area contributed by atoms with Crippen LogP contribution >= 0.6 is 11.5 Å². The summed E-state index contributed by atoms with van der Waals surface area (Å²) < 4.78 is 3.58. The minimum Gasteiger partial charge on any atom is -0.856 e. The molecule has 1 aromatic heterocycles. The molecule has 0 amide bonds. The summed E-state index contributed by atoms with van der Waals surface area (Å²) in [7, 11) is 0. The highest BCUT2D eigenvalue weighted by Gasteiger charge is 2.00. The van der Waals surface area contributed by atoms with Gasteiger partial charge in [0, 0.05) is 5.88 Å². The predicted octanol–water partition coefficient (Wildman–Crippen LogP) is 1.28. The fourth-order valence-corrected chi connectivity index (χ4v) is 1.51. The number of hydrogen-bond acceptors (Lipinski definition) is 4. The van der Waals surface area contributed by atoms with Crippen molar-refractivity contribution >= 4 is 11.5 Å². The Morgan fingerprint density at radius 2 is 1.92 bits per heavy atom. The van der Waals surface area contributed by atoms with Crippen LogP contribution in [0.25, 0.3) is 10.4 Å². The van der Waals surface area contributed by atoms with E-state index >= 15 is 0 Å². The SMILES string of the molecule is [O-]c1nnsc1-c1ccccc1. The van der Waals surface area contributed by atoms with Crippen molar-refractivity contribution in [3.05, 3.63) is 30.3 Å². The van der Waals surface area contributed by atoms with Crippen LogP contribution in [0.2, 0.25) is 0 Å². The van der Waals surface area contributed by atoms with Crippen molar-refractivity contribution in [2.24, 2.45) is 0 Å². The summed E-state index contributed by atoms with van der Waals surface area (Å²) in [5.74, 6) is -0.244. The van der Waals surface area contributed by atoms with Gasteiger partial charge in [0.05, 0.1) is 4.88 Å². The Morgan fingerprint density at radius 3 is 2.50 bits per heavy atom. The quantitative estimate of drug-likeness (QED) is 0.659. The second kappa shape index (κ2) is 2.91. The molecule has 0 unspecified atom stereocenters. The molecule has 0 fully saturated rings. The van der Waals surface area contributed by atoms with Crippen LogP contribution in [-0.4, -0.2) is 9.59 Å². The second-order valence-corrected chi connectivity index (χ2v) is 3.03. The minimum atomic E-state index is -0.244. The van der Waals surface area contributed by atoms with Gasteiger partial charge >= 0.3 is 0 Å². The van der Waals surface area contributed by atoms with Crippen molar-refractivity contribution in [2.45, 2.75) is 0 Å². The molecule has 0 radical (unpaired) electrons. The van der Waals surface area contributed by atoms with Crippen molar-refractivity contribution in [1.82, 2.24) is 9.59 Å². The number of hydrogen-bond donors (Lipinski definition) is 0. The van der Waals surface area contributed by atoms with E-state index in [1.807, 2.05) is 30.3 Å². The van der Waals surface area contributed by atoms with Crippen molar-refractivity contribution in [3.8, 4) is 16.3 Å². The van der Waals surface area contributed by atoms with Crippen molar-refractivity contribution in [3.63, 3.8) is 0 Å². The molecule has 1 aromatic carbocycles. The van der Waals surface area contributed by atoms with Gasteiger partial charge < -0.3 is 5.11 Å². The maximum absolute atomic E-state index is 11.1. The lowest BCUT2D eigenvalue weighted by Gasteiger charge is -2.01. The Bertz CT molecular complexity index is 372. The van der Waals surface area contributed by atoms with Gasteiger partial charge in [0.15, 0.2) is 0 Å². The third kappa shape index (κ3) is 1.16. The van der Waals surface area contributed by atoms with Crippen LogP contribution < -0.4 is 5.11 Å². The zero-order valence-corrected chi connectivity index (χ0v) is 6.91. The Morgan fingerprint density at radius 1 is 1.17 bits per heavy atom. The van der Waals surface area contributed by atoms with Gasteiger partial charge in [0.1, 0.15) is 0 Å². The molecule has 0 saturated carbocycles. The normalized spacial score (nSPS) is 10.0. The molecule has 0 aliphatic rings. The number of aromatic nitrogens is 2. The summed E-state index contributed by atoms with van der Waals surface area (Å²) in [6, 6.07) is 9.42. The van der Waals surface area contributed by atoms with E-state index in [-0.39, 0.29) is 5.88 Å². The summed E-state index contributed by atoms with van der Waals surface area (Å²) in [5, 5.41) is 14.5. The zero-order valence-electron chi connectivity index (χ0n) is 6.10. The fraction of sp³-hybridized carbons (Fsp3) is 0. The molecular formula is C8H5N2OS-. The van der Waals surface area contributed by atoms with E-state index in [0.29, 0.717) is 4.88 Å². The minimum absolute atomic E-state index is 0.244. The van der Waals surface area contributed by atoms with Crippen LogP contribution in [-0.2, 0) is 0 Å². The molecule has 60 valence electrons. The first-order chi connectivity index (χ1) is 5.88. The lowest BCUT2D eigenvalue weighted by Crippen LogP contribution is -1.91. The highest BCUT2D eigenvalue weighted by Crippen LogP contribution is 2.27. The van der Waals surface area contributed by atoms with Gasteiger partial charge in [0.2, 0.25) is 0 Å². The average Bonchev–Trinajstić information content (AvgIpc) is 2.53. The lowest BCUT2D eigenvalue weighted by molar-refractivity contribution is -0.273. The molecule has 0 spiro atoms. The molecule has 1 heterocycles. The van der Waals surface area contributed by atoms with Crippen LogP contribution in [0, 0.1) is 0 Å². The van der Waals surface area contributed by atoms with Gasteiger partial charge in [-0.15, -0.1) is 0 Å². The number of nitrogens with zero attached hydrogens (tertiary/aromatic N) is 2. The van der Waals surface area contributed by atoms with E-state index in [0.717, 1.165) is 17.1 Å². The molecule has 2 aromatic rings. The largest absolute Gasteiger partial charge is 0.856 e. The van der Waals surface area contributed by atoms with Crippen molar-refractivity contribution in [1.29, 1.82) is 0 Å². The van der Waals surface area contributed by atoms with Crippen molar-refractivity contribution in [2.75, 3.05) is 0 Å². The van der Waals surface area contributed by atoms with E-state index in [1.54, 1.807) is 0 Å². The van der Waals surface area contributed by atoms with Gasteiger partial charge in [-0.2, -0.15) is 5.10 Å². The third-order valence-corrected chi connectivity index (χ3v) is 2.25. The predicted molar refractivity (Wildman–Crippen MR) is 44.8 cm³/mol. The first kappa shape index (κ1) is 7.24. The zero-order chi connectivity index (χ0) is 8.39. The van der Waals surface area contributed by atoms with Crippen LogP contribution in [0.15, 0.2) is 30.3 Å². The molecule has 4 heteroatoms. The van der Waals surface area contributed by atoms with Crippen LogP contribution in [0.1, 0.15) is 0 Å². The number of benzene rings is 1. The monoisotopic (exact) mass is 177 g/mol. The summed E-state index contributed by atoms with van der Waals surface area (Å²) in [6.45, 7) is 0. The van der Waals surface area contributed by atoms with Crippen LogP contribution in [0.3, 0.4) is 0 Å². The maximum Gasteiger partial charge on any atom is 0.0678 e. The van der Waals surface area contributed by atoms with Gasteiger partial charge in [-0.1, -0.05) is 34.8 Å². The average molecular weight is 177 g/mol. The Hall–Kier alpha value is -1.42. The van der Waals surface area contributed by atoms with Gasteiger partial charge in [-0.05, 0) is 17.1 Å². The lowest BCUT2D eigenvalue weighted by atomic mass is 10.2. The Labute approximate surface area is 73.5 Å². The van der Waals surface area contributed by atoms with E-state index in [1.165, 1.54) is 0 Å². The molecule has 0 aliphatic heterocycles. The Kier molecular flexibility index (Phi) is 1.75. The summed E-state index contributed by atoms with van der Waals surface area (Å²) in [5.41, 5.74) is 0.887. The molecule has 2 rings (SSSR count). The molecule has 0 saturated heterocycles. The summed E-state index contributed by atoms with van der Waals surface area (Å²) in [4.78, 5) is 0.607. The van der Waals surface area contributed by atoms with Gasteiger partial charge in [0.25, 0.3) is 0 Å². The summed E-state index contributed by atoms with van der Waals surface area (Å²) >= 11 is 1.13.